The lowest BCUT2D eigenvalue weighted by Crippen LogP contribution is -2.31. The summed E-state index contributed by atoms with van der Waals surface area (Å²) in [6.45, 7) is 1.76. The van der Waals surface area contributed by atoms with Crippen LogP contribution in [0.4, 0.5) is 0 Å². The fourth-order valence-electron chi connectivity index (χ4n) is 3.36. The Labute approximate surface area is 144 Å². The van der Waals surface area contributed by atoms with Crippen LogP contribution in [-0.4, -0.2) is 27.8 Å². The molecule has 1 N–H and O–H groups in total. The molecule has 2 aliphatic rings. The topological polar surface area (TPSA) is 46.9 Å². The largest absolute Gasteiger partial charge is 0.354 e. The number of fused-ring (bicyclic) bond motifs is 2. The summed E-state index contributed by atoms with van der Waals surface area (Å²) in [6, 6.07) is 2.11. The highest BCUT2D eigenvalue weighted by Gasteiger charge is 2.27. The zero-order valence-electron chi connectivity index (χ0n) is 13.1. The molecule has 0 bridgehead atoms. The van der Waals surface area contributed by atoms with Crippen molar-refractivity contribution < 1.29 is 4.79 Å². The van der Waals surface area contributed by atoms with Crippen molar-refractivity contribution in [2.24, 2.45) is 0 Å². The average Bonchev–Trinajstić information content (AvgIpc) is 3.20. The molecule has 0 saturated heterocycles. The number of nitrogens with zero attached hydrogens (tertiary/aromatic N) is 2. The van der Waals surface area contributed by atoms with Crippen molar-refractivity contribution in [2.45, 2.75) is 43.9 Å². The number of aromatic nitrogens is 2. The minimum Gasteiger partial charge on any atom is -0.354 e. The summed E-state index contributed by atoms with van der Waals surface area (Å²) < 4.78 is 2.27. The molecule has 1 atom stereocenters. The third kappa shape index (κ3) is 3.19. The minimum absolute atomic E-state index is 0.0276. The quantitative estimate of drug-likeness (QED) is 0.925. The van der Waals surface area contributed by atoms with E-state index in [1.807, 2.05) is 0 Å². The Morgan fingerprint density at radius 3 is 3.26 bits per heavy atom. The molecule has 0 saturated carbocycles. The van der Waals surface area contributed by atoms with Gasteiger partial charge in [0, 0.05) is 37.0 Å². The molecule has 2 aromatic heterocycles. The molecular formula is C17H21N3OS2. The molecule has 0 radical (unpaired) electrons. The van der Waals surface area contributed by atoms with Crippen LogP contribution in [0.2, 0.25) is 0 Å². The van der Waals surface area contributed by atoms with Gasteiger partial charge in [-0.2, -0.15) is 0 Å². The Morgan fingerprint density at radius 1 is 1.39 bits per heavy atom. The lowest BCUT2D eigenvalue weighted by atomic mass is 10.1. The van der Waals surface area contributed by atoms with Gasteiger partial charge in [0.05, 0.1) is 5.69 Å². The third-order valence-electron chi connectivity index (χ3n) is 4.55. The number of amides is 1. The molecule has 2 aliphatic heterocycles. The minimum atomic E-state index is -0.0276. The summed E-state index contributed by atoms with van der Waals surface area (Å²) in [4.78, 5) is 18.6. The summed E-state index contributed by atoms with van der Waals surface area (Å²) in [6.07, 6.45) is 7.66. The van der Waals surface area contributed by atoms with Crippen LogP contribution in [0.3, 0.4) is 0 Å². The number of aryl methyl sites for hydroxylation is 3. The first kappa shape index (κ1) is 15.3. The predicted octanol–water partition coefficient (Wildman–Crippen LogP) is 2.97. The molecule has 1 amide bonds. The molecule has 0 spiro atoms. The third-order valence-corrected chi connectivity index (χ3v) is 6.79. The lowest BCUT2D eigenvalue weighted by molar-refractivity contribution is -0.120. The van der Waals surface area contributed by atoms with E-state index in [1.165, 1.54) is 29.1 Å². The molecule has 4 nitrogen and oxygen atoms in total. The first-order valence-electron chi connectivity index (χ1n) is 8.32. The number of carbonyl (C=O) groups is 1. The van der Waals surface area contributed by atoms with Crippen LogP contribution in [-0.2, 0) is 30.6 Å². The van der Waals surface area contributed by atoms with Crippen LogP contribution in [0.1, 0.15) is 40.1 Å². The van der Waals surface area contributed by atoms with Crippen LogP contribution in [0, 0.1) is 0 Å². The summed E-state index contributed by atoms with van der Waals surface area (Å²) in [5.74, 6) is 2.40. The second-order valence-corrected chi connectivity index (χ2v) is 8.35. The van der Waals surface area contributed by atoms with Crippen LogP contribution in [0.15, 0.2) is 17.6 Å². The lowest BCUT2D eigenvalue weighted by Gasteiger charge is -2.21. The monoisotopic (exact) mass is 347 g/mol. The van der Waals surface area contributed by atoms with Crippen LogP contribution >= 0.6 is 23.1 Å². The standard InChI is InChI=1S/C17H21N3OS2/c21-17(16-13-5-9-22-14(13)6-10-23-16)18-7-4-12-11-20-8-2-1-3-15(20)19-12/h5,9,11,16H,1-4,6-8,10H2,(H,18,21). The van der Waals surface area contributed by atoms with Gasteiger partial charge in [-0.05, 0) is 42.0 Å². The number of imidazole rings is 1. The van der Waals surface area contributed by atoms with Crippen LogP contribution in [0.5, 0.6) is 0 Å². The Kier molecular flexibility index (Phi) is 4.44. The molecule has 0 fully saturated rings. The second kappa shape index (κ2) is 6.69. The molecule has 6 heteroatoms. The van der Waals surface area contributed by atoms with Gasteiger partial charge in [0.1, 0.15) is 11.1 Å². The highest BCUT2D eigenvalue weighted by atomic mass is 32.2. The molecule has 0 aliphatic carbocycles. The number of carbonyl (C=O) groups excluding carboxylic acids is 1. The summed E-state index contributed by atoms with van der Waals surface area (Å²) in [5, 5.41) is 5.18. The second-order valence-electron chi connectivity index (χ2n) is 6.14. The maximum absolute atomic E-state index is 12.5. The molecule has 4 rings (SSSR count). The average molecular weight is 348 g/mol. The molecular weight excluding hydrogens is 326 g/mol. The number of rotatable bonds is 4. The molecule has 2 aromatic rings. The molecule has 1 unspecified atom stereocenters. The Morgan fingerprint density at radius 2 is 2.35 bits per heavy atom. The first-order chi connectivity index (χ1) is 11.3. The van der Waals surface area contributed by atoms with Gasteiger partial charge in [-0.3, -0.25) is 4.79 Å². The summed E-state index contributed by atoms with van der Waals surface area (Å²) >= 11 is 3.54. The van der Waals surface area contributed by atoms with E-state index in [4.69, 9.17) is 4.98 Å². The number of hydrogen-bond donors (Lipinski definition) is 1. The van der Waals surface area contributed by atoms with Crippen molar-refractivity contribution in [1.29, 1.82) is 0 Å². The van der Waals surface area contributed by atoms with E-state index >= 15 is 0 Å². The Bertz CT molecular complexity index is 683. The zero-order valence-corrected chi connectivity index (χ0v) is 14.7. The Hall–Kier alpha value is -1.27. The summed E-state index contributed by atoms with van der Waals surface area (Å²) in [7, 11) is 0. The molecule has 0 aromatic carbocycles. The number of thioether (sulfide) groups is 1. The normalized spacial score (nSPS) is 19.9. The van der Waals surface area contributed by atoms with Gasteiger partial charge < -0.3 is 9.88 Å². The fourth-order valence-corrected chi connectivity index (χ4v) is 5.68. The van der Waals surface area contributed by atoms with Crippen molar-refractivity contribution in [3.05, 3.63) is 39.6 Å². The zero-order chi connectivity index (χ0) is 15.6. The predicted molar refractivity (Wildman–Crippen MR) is 95.1 cm³/mol. The van der Waals surface area contributed by atoms with E-state index in [0.29, 0.717) is 6.54 Å². The van der Waals surface area contributed by atoms with Gasteiger partial charge in [-0.1, -0.05) is 0 Å². The number of nitrogens with one attached hydrogen (secondary N) is 1. The first-order valence-corrected chi connectivity index (χ1v) is 10.2. The van der Waals surface area contributed by atoms with Gasteiger partial charge in [0.2, 0.25) is 5.91 Å². The SMILES string of the molecule is O=C(NCCc1cn2c(n1)CCCC2)C1SCCc2sccc21. The fraction of sp³-hybridized carbons (Fsp3) is 0.529. The van der Waals surface area contributed by atoms with Crippen molar-refractivity contribution in [3.63, 3.8) is 0 Å². The maximum atomic E-state index is 12.5. The number of hydrogen-bond acceptors (Lipinski definition) is 4. The van der Waals surface area contributed by atoms with Crippen LogP contribution < -0.4 is 5.32 Å². The van der Waals surface area contributed by atoms with Crippen molar-refractivity contribution in [3.8, 4) is 0 Å². The van der Waals surface area contributed by atoms with Crippen LogP contribution in [0.25, 0.3) is 0 Å². The van der Waals surface area contributed by atoms with E-state index in [0.717, 1.165) is 37.3 Å². The smallest absolute Gasteiger partial charge is 0.237 e. The highest BCUT2D eigenvalue weighted by molar-refractivity contribution is 8.00. The molecule has 122 valence electrons. The van der Waals surface area contributed by atoms with Crippen molar-refractivity contribution in [2.75, 3.05) is 12.3 Å². The van der Waals surface area contributed by atoms with E-state index in [9.17, 15) is 4.79 Å². The van der Waals surface area contributed by atoms with Gasteiger partial charge in [-0.15, -0.1) is 23.1 Å². The van der Waals surface area contributed by atoms with E-state index in [-0.39, 0.29) is 11.2 Å². The van der Waals surface area contributed by atoms with E-state index in [2.05, 4.69) is 27.5 Å². The molecule has 23 heavy (non-hydrogen) atoms. The number of thiophene rings is 1. The highest BCUT2D eigenvalue weighted by Crippen LogP contribution is 2.39. The van der Waals surface area contributed by atoms with E-state index < -0.39 is 0 Å². The molecule has 4 heterocycles. The van der Waals surface area contributed by atoms with Gasteiger partial charge in [0.25, 0.3) is 0 Å². The van der Waals surface area contributed by atoms with Gasteiger partial charge >= 0.3 is 0 Å². The van der Waals surface area contributed by atoms with Gasteiger partial charge in [-0.25, -0.2) is 4.98 Å². The van der Waals surface area contributed by atoms with Gasteiger partial charge in [0.15, 0.2) is 0 Å². The summed E-state index contributed by atoms with van der Waals surface area (Å²) in [5.41, 5.74) is 2.33. The maximum Gasteiger partial charge on any atom is 0.237 e. The van der Waals surface area contributed by atoms with E-state index in [1.54, 1.807) is 23.1 Å². The van der Waals surface area contributed by atoms with Crippen molar-refractivity contribution in [1.82, 2.24) is 14.9 Å². The van der Waals surface area contributed by atoms with Crippen molar-refractivity contribution >= 4 is 29.0 Å². The Balaban J connectivity index is 1.33.